The van der Waals surface area contributed by atoms with Crippen LogP contribution in [-0.4, -0.2) is 49.3 Å². The van der Waals surface area contributed by atoms with E-state index >= 15 is 0 Å². The first-order valence-electron chi connectivity index (χ1n) is 7.54. The molecular formula is C15H30N2O. The first-order valence-corrected chi connectivity index (χ1v) is 7.54. The Hall–Kier alpha value is -0.120. The van der Waals surface area contributed by atoms with E-state index < -0.39 is 0 Å². The van der Waals surface area contributed by atoms with Crippen molar-refractivity contribution in [1.29, 1.82) is 0 Å². The van der Waals surface area contributed by atoms with Crippen LogP contribution in [0.3, 0.4) is 0 Å². The monoisotopic (exact) mass is 254 g/mol. The van der Waals surface area contributed by atoms with Crippen LogP contribution >= 0.6 is 0 Å². The number of methoxy groups -OCH3 is 1. The highest BCUT2D eigenvalue weighted by atomic mass is 16.5. The minimum absolute atomic E-state index is 0.509. The van der Waals surface area contributed by atoms with Crippen molar-refractivity contribution < 1.29 is 4.74 Å². The highest BCUT2D eigenvalue weighted by molar-refractivity contribution is 4.97. The summed E-state index contributed by atoms with van der Waals surface area (Å²) in [5.41, 5.74) is 0. The summed E-state index contributed by atoms with van der Waals surface area (Å²) in [4.78, 5) is 2.77. The lowest BCUT2D eigenvalue weighted by Gasteiger charge is -2.51. The van der Waals surface area contributed by atoms with Crippen molar-refractivity contribution >= 4 is 0 Å². The number of ether oxygens (including phenoxy) is 1. The quantitative estimate of drug-likeness (QED) is 0.831. The highest BCUT2D eigenvalue weighted by Crippen LogP contribution is 2.32. The van der Waals surface area contributed by atoms with Crippen LogP contribution in [-0.2, 0) is 4.74 Å². The van der Waals surface area contributed by atoms with Gasteiger partial charge >= 0.3 is 0 Å². The van der Waals surface area contributed by atoms with Crippen LogP contribution in [0.25, 0.3) is 0 Å². The molecule has 0 radical (unpaired) electrons. The molecule has 3 nitrogen and oxygen atoms in total. The van der Waals surface area contributed by atoms with Crippen LogP contribution in [0.2, 0.25) is 0 Å². The molecule has 1 saturated heterocycles. The molecule has 2 aliphatic rings. The first kappa shape index (κ1) is 14.3. The number of piperazine rings is 1. The van der Waals surface area contributed by atoms with E-state index in [0.717, 1.165) is 24.4 Å². The van der Waals surface area contributed by atoms with Crippen LogP contribution in [0, 0.1) is 11.8 Å². The Morgan fingerprint density at radius 1 is 1.11 bits per heavy atom. The maximum atomic E-state index is 5.43. The fraction of sp³-hybridized carbons (Fsp3) is 1.00. The molecule has 1 saturated carbocycles. The van der Waals surface area contributed by atoms with Gasteiger partial charge in [0, 0.05) is 38.3 Å². The van der Waals surface area contributed by atoms with E-state index in [0.29, 0.717) is 18.2 Å². The molecule has 0 aromatic rings. The van der Waals surface area contributed by atoms with Crippen molar-refractivity contribution in [1.82, 2.24) is 10.2 Å². The molecule has 0 bridgehead atoms. The van der Waals surface area contributed by atoms with Crippen LogP contribution in [0.5, 0.6) is 0 Å². The van der Waals surface area contributed by atoms with Crippen molar-refractivity contribution in [2.24, 2.45) is 11.8 Å². The minimum Gasteiger partial charge on any atom is -0.381 e. The van der Waals surface area contributed by atoms with E-state index in [9.17, 15) is 0 Å². The van der Waals surface area contributed by atoms with Gasteiger partial charge in [-0.05, 0) is 24.7 Å². The zero-order valence-corrected chi connectivity index (χ0v) is 12.6. The van der Waals surface area contributed by atoms with Gasteiger partial charge in [-0.15, -0.1) is 0 Å². The van der Waals surface area contributed by atoms with E-state index in [4.69, 9.17) is 4.74 Å². The fourth-order valence-electron chi connectivity index (χ4n) is 3.30. The first-order chi connectivity index (χ1) is 8.52. The van der Waals surface area contributed by atoms with Gasteiger partial charge in [0.1, 0.15) is 0 Å². The summed E-state index contributed by atoms with van der Waals surface area (Å²) in [5.74, 6) is 1.45. The van der Waals surface area contributed by atoms with Crippen molar-refractivity contribution in [2.45, 2.75) is 64.8 Å². The van der Waals surface area contributed by atoms with Gasteiger partial charge in [0.25, 0.3) is 0 Å². The number of hydrogen-bond acceptors (Lipinski definition) is 3. The molecule has 0 aromatic heterocycles. The Morgan fingerprint density at radius 3 is 2.28 bits per heavy atom. The van der Waals surface area contributed by atoms with Gasteiger partial charge in [-0.2, -0.15) is 0 Å². The largest absolute Gasteiger partial charge is 0.381 e. The lowest BCUT2D eigenvalue weighted by Crippen LogP contribution is -2.64. The molecule has 1 N–H and O–H groups in total. The normalized spacial score (nSPS) is 38.2. The van der Waals surface area contributed by atoms with Gasteiger partial charge in [-0.3, -0.25) is 4.90 Å². The molecule has 0 amide bonds. The summed E-state index contributed by atoms with van der Waals surface area (Å²) in [6.45, 7) is 11.7. The van der Waals surface area contributed by atoms with Gasteiger partial charge < -0.3 is 10.1 Å². The fourth-order valence-corrected chi connectivity index (χ4v) is 3.30. The molecule has 1 aliphatic heterocycles. The third-order valence-corrected chi connectivity index (χ3v) is 4.87. The molecule has 2 fully saturated rings. The maximum Gasteiger partial charge on any atom is 0.0601 e. The van der Waals surface area contributed by atoms with Crippen LogP contribution < -0.4 is 5.32 Å². The zero-order valence-electron chi connectivity index (χ0n) is 12.6. The molecule has 3 heteroatoms. The lowest BCUT2D eigenvalue weighted by molar-refractivity contribution is -0.0621. The molecule has 1 aliphatic carbocycles. The van der Waals surface area contributed by atoms with Gasteiger partial charge in [0.05, 0.1) is 6.10 Å². The van der Waals surface area contributed by atoms with E-state index in [2.05, 4.69) is 37.9 Å². The lowest BCUT2D eigenvalue weighted by atomic mass is 9.83. The molecule has 18 heavy (non-hydrogen) atoms. The SMILES string of the molecule is COC1CC(N2CC(C(C)C)NCC2C(C)C)C1. The number of nitrogens with zero attached hydrogens (tertiary/aromatic N) is 1. The molecular weight excluding hydrogens is 224 g/mol. The average molecular weight is 254 g/mol. The summed E-state index contributed by atoms with van der Waals surface area (Å²) in [5, 5.41) is 3.74. The van der Waals surface area contributed by atoms with Gasteiger partial charge in [0.2, 0.25) is 0 Å². The van der Waals surface area contributed by atoms with E-state index in [1.54, 1.807) is 0 Å². The van der Waals surface area contributed by atoms with Crippen molar-refractivity contribution in [3.05, 3.63) is 0 Å². The second-order valence-electron chi connectivity index (χ2n) is 6.75. The predicted molar refractivity (Wildman–Crippen MR) is 75.8 cm³/mol. The van der Waals surface area contributed by atoms with Gasteiger partial charge in [-0.1, -0.05) is 27.7 Å². The Labute approximate surface area is 112 Å². The topological polar surface area (TPSA) is 24.5 Å². The average Bonchev–Trinajstić information content (AvgIpc) is 2.27. The summed E-state index contributed by atoms with van der Waals surface area (Å²) in [7, 11) is 1.84. The molecule has 0 spiro atoms. The summed E-state index contributed by atoms with van der Waals surface area (Å²) in [6, 6.07) is 2.11. The second kappa shape index (κ2) is 5.89. The Bertz CT molecular complexity index is 261. The molecule has 0 aromatic carbocycles. The summed E-state index contributed by atoms with van der Waals surface area (Å²) >= 11 is 0. The van der Waals surface area contributed by atoms with E-state index in [1.807, 2.05) is 7.11 Å². The van der Waals surface area contributed by atoms with Crippen LogP contribution in [0.15, 0.2) is 0 Å². The standard InChI is InChI=1S/C15H30N2O/c1-10(2)14-9-17(12-6-13(7-12)18-5)15(8-16-14)11(3)4/h10-16H,6-9H2,1-5H3. The smallest absolute Gasteiger partial charge is 0.0601 e. The minimum atomic E-state index is 0.509. The van der Waals surface area contributed by atoms with Gasteiger partial charge in [-0.25, -0.2) is 0 Å². The summed E-state index contributed by atoms with van der Waals surface area (Å²) < 4.78 is 5.43. The van der Waals surface area contributed by atoms with Crippen molar-refractivity contribution in [2.75, 3.05) is 20.2 Å². The van der Waals surface area contributed by atoms with Crippen LogP contribution in [0.1, 0.15) is 40.5 Å². The maximum absolute atomic E-state index is 5.43. The Kier molecular flexibility index (Phi) is 4.68. The van der Waals surface area contributed by atoms with Crippen molar-refractivity contribution in [3.8, 4) is 0 Å². The molecule has 106 valence electrons. The number of hydrogen-bond donors (Lipinski definition) is 1. The third kappa shape index (κ3) is 2.89. The Balaban J connectivity index is 1.97. The molecule has 2 atom stereocenters. The molecule has 2 rings (SSSR count). The molecule has 2 unspecified atom stereocenters. The van der Waals surface area contributed by atoms with Gasteiger partial charge in [0.15, 0.2) is 0 Å². The van der Waals surface area contributed by atoms with E-state index in [-0.39, 0.29) is 0 Å². The number of nitrogens with one attached hydrogen (secondary N) is 1. The zero-order chi connectivity index (χ0) is 13.3. The second-order valence-corrected chi connectivity index (χ2v) is 6.75. The third-order valence-electron chi connectivity index (χ3n) is 4.87. The van der Waals surface area contributed by atoms with Crippen LogP contribution in [0.4, 0.5) is 0 Å². The van der Waals surface area contributed by atoms with E-state index in [1.165, 1.54) is 19.4 Å². The highest BCUT2D eigenvalue weighted by Gasteiger charge is 2.41. The Morgan fingerprint density at radius 2 is 1.78 bits per heavy atom. The summed E-state index contributed by atoms with van der Waals surface area (Å²) in [6.07, 6.45) is 2.96. The van der Waals surface area contributed by atoms with Crippen molar-refractivity contribution in [3.63, 3.8) is 0 Å². The number of rotatable bonds is 4. The molecule has 1 heterocycles. The predicted octanol–water partition coefficient (Wildman–Crippen LogP) is 2.12.